The number of carbonyl (C=O) groups is 3. The Morgan fingerprint density at radius 3 is 2.39 bits per heavy atom. The molecule has 1 aromatic carbocycles. The maximum absolute atomic E-state index is 13.2. The first kappa shape index (κ1) is 22.3. The van der Waals surface area contributed by atoms with E-state index in [9.17, 15) is 19.5 Å². The van der Waals surface area contributed by atoms with E-state index in [0.29, 0.717) is 34.1 Å². The summed E-state index contributed by atoms with van der Waals surface area (Å²) < 4.78 is 5.50. The van der Waals surface area contributed by atoms with E-state index < -0.39 is 17.7 Å². The number of Topliss-reactive ketones (excluding diaryl/α,β-unsaturated/α-hetero) is 2. The number of benzene rings is 1. The lowest BCUT2D eigenvalue weighted by Gasteiger charge is -2.23. The highest BCUT2D eigenvalue weighted by Gasteiger charge is 2.48. The first-order valence-electron chi connectivity index (χ1n) is 10.3. The van der Waals surface area contributed by atoms with E-state index in [-0.39, 0.29) is 22.2 Å². The number of aliphatic hydroxyl groups excluding tert-OH is 1. The fourth-order valence-electron chi connectivity index (χ4n) is 3.74. The molecule has 9 heteroatoms. The van der Waals surface area contributed by atoms with Crippen LogP contribution in [0.25, 0.3) is 5.76 Å². The van der Waals surface area contributed by atoms with E-state index in [1.807, 2.05) is 6.92 Å². The maximum Gasteiger partial charge on any atom is 0.301 e. The van der Waals surface area contributed by atoms with Crippen molar-refractivity contribution in [3.8, 4) is 5.75 Å². The van der Waals surface area contributed by atoms with Crippen LogP contribution in [0.15, 0.2) is 54.4 Å². The van der Waals surface area contributed by atoms with Gasteiger partial charge in [-0.3, -0.25) is 24.3 Å². The molecule has 2 aromatic heterocycles. The van der Waals surface area contributed by atoms with Gasteiger partial charge in [0.1, 0.15) is 11.5 Å². The molecule has 0 bridgehead atoms. The highest BCUT2D eigenvalue weighted by Crippen LogP contribution is 2.44. The fourth-order valence-corrected chi connectivity index (χ4v) is 4.72. The van der Waals surface area contributed by atoms with E-state index in [1.54, 1.807) is 43.3 Å². The topological polar surface area (TPSA) is 110 Å². The van der Waals surface area contributed by atoms with Crippen LogP contribution in [-0.4, -0.2) is 39.2 Å². The Kier molecular flexibility index (Phi) is 6.06. The van der Waals surface area contributed by atoms with Crippen LogP contribution in [0.2, 0.25) is 0 Å². The summed E-state index contributed by atoms with van der Waals surface area (Å²) in [5.74, 6) is -1.51. The van der Waals surface area contributed by atoms with Crippen LogP contribution in [0, 0.1) is 6.92 Å². The van der Waals surface area contributed by atoms with E-state index in [1.165, 1.54) is 24.2 Å². The number of thiazole rings is 1. The zero-order valence-corrected chi connectivity index (χ0v) is 19.0. The van der Waals surface area contributed by atoms with Gasteiger partial charge in [-0.05, 0) is 43.7 Å². The number of ketones is 2. The number of anilines is 1. The minimum atomic E-state index is -0.931. The molecule has 1 atom stereocenters. The first-order valence-corrected chi connectivity index (χ1v) is 11.1. The summed E-state index contributed by atoms with van der Waals surface area (Å²) >= 11 is 1.04. The van der Waals surface area contributed by atoms with Crippen LogP contribution in [-0.2, 0) is 9.59 Å². The van der Waals surface area contributed by atoms with Crippen LogP contribution in [0.5, 0.6) is 5.75 Å². The second-order valence-corrected chi connectivity index (χ2v) is 8.35. The first-order chi connectivity index (χ1) is 15.8. The van der Waals surface area contributed by atoms with Crippen molar-refractivity contribution in [2.75, 3.05) is 11.5 Å². The molecule has 1 aliphatic rings. The Labute approximate surface area is 194 Å². The Hall–Kier alpha value is -3.85. The van der Waals surface area contributed by atoms with Crippen LogP contribution >= 0.6 is 11.3 Å². The number of hydrogen-bond donors (Lipinski definition) is 1. The second-order valence-electron chi connectivity index (χ2n) is 7.37. The average Bonchev–Trinajstić information content (AvgIpc) is 3.32. The summed E-state index contributed by atoms with van der Waals surface area (Å²) in [5.41, 5.74) is 1.36. The van der Waals surface area contributed by atoms with Crippen molar-refractivity contribution < 1.29 is 24.2 Å². The molecule has 0 aliphatic carbocycles. The van der Waals surface area contributed by atoms with Gasteiger partial charge in [0.15, 0.2) is 10.9 Å². The summed E-state index contributed by atoms with van der Waals surface area (Å²) in [7, 11) is 0. The van der Waals surface area contributed by atoms with Crippen molar-refractivity contribution in [1.82, 2.24) is 9.97 Å². The molecular formula is C24H21N3O5S. The minimum Gasteiger partial charge on any atom is -0.507 e. The fraction of sp³-hybridized carbons (Fsp3) is 0.208. The number of aliphatic hydroxyl groups is 1. The zero-order chi connectivity index (χ0) is 23.7. The molecule has 1 saturated heterocycles. The van der Waals surface area contributed by atoms with Gasteiger partial charge in [-0.2, -0.15) is 0 Å². The largest absolute Gasteiger partial charge is 0.507 e. The van der Waals surface area contributed by atoms with Crippen LogP contribution < -0.4 is 9.64 Å². The van der Waals surface area contributed by atoms with E-state index in [0.717, 1.165) is 11.3 Å². The van der Waals surface area contributed by atoms with Crippen molar-refractivity contribution in [3.63, 3.8) is 0 Å². The molecule has 3 heterocycles. The van der Waals surface area contributed by atoms with Crippen LogP contribution in [0.3, 0.4) is 0 Å². The second kappa shape index (κ2) is 8.95. The SMILES string of the molecule is CCOc1ccc(C2C(=C(O)c3ccncc3)C(=O)C(=O)N2c2nc(C)c(C(C)=O)s2)cc1. The Bertz CT molecular complexity index is 1270. The van der Waals surface area contributed by atoms with Gasteiger partial charge in [0, 0.05) is 24.9 Å². The van der Waals surface area contributed by atoms with Crippen molar-refractivity contribution in [1.29, 1.82) is 0 Å². The lowest BCUT2D eigenvalue weighted by molar-refractivity contribution is -0.132. The summed E-state index contributed by atoms with van der Waals surface area (Å²) in [5, 5.41) is 11.3. The standard InChI is InChI=1S/C24H21N3O5S/c1-4-32-17-7-5-15(6-8-17)19-18(20(29)16-9-11-25-12-10-16)21(30)23(31)27(19)24-26-13(2)22(33-24)14(3)28/h5-12,19,29H,4H2,1-3H3. The molecule has 1 unspecified atom stereocenters. The normalized spacial score (nSPS) is 17.4. The summed E-state index contributed by atoms with van der Waals surface area (Å²) in [6.07, 6.45) is 2.97. The summed E-state index contributed by atoms with van der Waals surface area (Å²) in [6, 6.07) is 9.12. The van der Waals surface area contributed by atoms with Gasteiger partial charge in [0.25, 0.3) is 5.78 Å². The van der Waals surface area contributed by atoms with Crippen molar-refractivity contribution in [3.05, 3.63) is 76.1 Å². The number of aromatic nitrogens is 2. The van der Waals surface area contributed by atoms with Gasteiger partial charge < -0.3 is 9.84 Å². The predicted octanol–water partition coefficient (Wildman–Crippen LogP) is 4.07. The Morgan fingerprint density at radius 1 is 1.15 bits per heavy atom. The highest BCUT2D eigenvalue weighted by molar-refractivity contribution is 7.18. The van der Waals surface area contributed by atoms with Gasteiger partial charge >= 0.3 is 5.91 Å². The number of carbonyl (C=O) groups excluding carboxylic acids is 3. The molecule has 1 fully saturated rings. The number of pyridine rings is 1. The van der Waals surface area contributed by atoms with Gasteiger partial charge in [-0.25, -0.2) is 4.98 Å². The number of hydrogen-bond acceptors (Lipinski definition) is 8. The highest BCUT2D eigenvalue weighted by atomic mass is 32.1. The van der Waals surface area contributed by atoms with Crippen LogP contribution in [0.4, 0.5) is 5.13 Å². The van der Waals surface area contributed by atoms with Gasteiger partial charge in [-0.1, -0.05) is 23.5 Å². The number of ether oxygens (including phenoxy) is 1. The third kappa shape index (κ3) is 4.03. The number of aryl methyl sites for hydroxylation is 1. The summed E-state index contributed by atoms with van der Waals surface area (Å²) in [6.45, 7) is 5.46. The molecule has 0 radical (unpaired) electrons. The van der Waals surface area contributed by atoms with Gasteiger partial charge in [0.05, 0.1) is 28.8 Å². The maximum atomic E-state index is 13.2. The number of amides is 1. The van der Waals surface area contributed by atoms with Crippen molar-refractivity contribution in [2.45, 2.75) is 26.8 Å². The quantitative estimate of drug-likeness (QED) is 0.254. The Morgan fingerprint density at radius 2 is 1.82 bits per heavy atom. The average molecular weight is 464 g/mol. The van der Waals surface area contributed by atoms with Crippen LogP contribution in [0.1, 0.15) is 46.4 Å². The molecule has 8 nitrogen and oxygen atoms in total. The molecule has 3 aromatic rings. The smallest absolute Gasteiger partial charge is 0.301 e. The minimum absolute atomic E-state index is 0.0624. The molecule has 1 aliphatic heterocycles. The molecule has 0 saturated carbocycles. The third-order valence-corrected chi connectivity index (χ3v) is 6.47. The van der Waals surface area contributed by atoms with E-state index in [2.05, 4.69) is 9.97 Å². The zero-order valence-electron chi connectivity index (χ0n) is 18.2. The number of rotatable bonds is 6. The number of nitrogens with zero attached hydrogens (tertiary/aromatic N) is 3. The third-order valence-electron chi connectivity index (χ3n) is 5.22. The molecule has 168 valence electrons. The molecule has 33 heavy (non-hydrogen) atoms. The van der Waals surface area contributed by atoms with E-state index in [4.69, 9.17) is 4.74 Å². The Balaban J connectivity index is 1.91. The molecule has 0 spiro atoms. The van der Waals surface area contributed by atoms with Crippen molar-refractivity contribution in [2.24, 2.45) is 0 Å². The summed E-state index contributed by atoms with van der Waals surface area (Å²) in [4.78, 5) is 48.3. The van der Waals surface area contributed by atoms with Gasteiger partial charge in [0.2, 0.25) is 0 Å². The molecule has 4 rings (SSSR count). The molecular weight excluding hydrogens is 442 g/mol. The van der Waals surface area contributed by atoms with Crippen molar-refractivity contribution >= 4 is 39.7 Å². The lowest BCUT2D eigenvalue weighted by atomic mass is 9.95. The molecule has 1 amide bonds. The lowest BCUT2D eigenvalue weighted by Crippen LogP contribution is -2.29. The monoisotopic (exact) mass is 463 g/mol. The molecule has 1 N–H and O–H groups in total. The predicted molar refractivity (Wildman–Crippen MR) is 123 cm³/mol. The van der Waals surface area contributed by atoms with E-state index >= 15 is 0 Å². The van der Waals surface area contributed by atoms with Gasteiger partial charge in [-0.15, -0.1) is 0 Å².